The SMILES string of the molecule is N#Cc1ccc(OCC2CCCN(C(=O)CN3CCC(c4ccnc5cnc6[nH]ccc6c45)CC3)C2I)cc1. The fourth-order valence-corrected chi connectivity index (χ4v) is 7.15. The van der Waals surface area contributed by atoms with Gasteiger partial charge in [0.25, 0.3) is 0 Å². The van der Waals surface area contributed by atoms with E-state index in [9.17, 15) is 4.79 Å². The van der Waals surface area contributed by atoms with Crippen molar-refractivity contribution in [1.29, 1.82) is 5.26 Å². The third-order valence-corrected chi connectivity index (χ3v) is 9.83. The van der Waals surface area contributed by atoms with Crippen LogP contribution in [-0.4, -0.2) is 67.5 Å². The second kappa shape index (κ2) is 11.5. The van der Waals surface area contributed by atoms with E-state index in [1.54, 1.807) is 12.1 Å². The smallest absolute Gasteiger partial charge is 0.237 e. The maximum Gasteiger partial charge on any atom is 0.237 e. The Balaban J connectivity index is 1.05. The largest absolute Gasteiger partial charge is 0.493 e. The Morgan fingerprint density at radius 3 is 2.72 bits per heavy atom. The monoisotopic (exact) mass is 634 g/mol. The van der Waals surface area contributed by atoms with Crippen LogP contribution in [0.1, 0.15) is 42.7 Å². The summed E-state index contributed by atoms with van der Waals surface area (Å²) in [6.07, 6.45) is 9.77. The highest BCUT2D eigenvalue weighted by molar-refractivity contribution is 14.1. The summed E-state index contributed by atoms with van der Waals surface area (Å²) in [4.78, 5) is 30.1. The molecule has 9 heteroatoms. The van der Waals surface area contributed by atoms with Gasteiger partial charge in [-0.25, -0.2) is 4.98 Å². The number of H-pyrrole nitrogens is 1. The maximum atomic E-state index is 13.4. The number of hydrogen-bond acceptors (Lipinski definition) is 6. The van der Waals surface area contributed by atoms with Crippen LogP contribution >= 0.6 is 22.6 Å². The van der Waals surface area contributed by atoms with Crippen molar-refractivity contribution < 1.29 is 9.53 Å². The molecule has 4 aromatic rings. The molecular formula is C30H31IN6O2. The summed E-state index contributed by atoms with van der Waals surface area (Å²) in [5.41, 5.74) is 3.80. The molecule has 200 valence electrons. The summed E-state index contributed by atoms with van der Waals surface area (Å²) in [6.45, 7) is 3.66. The summed E-state index contributed by atoms with van der Waals surface area (Å²) in [6, 6.07) is 13.6. The van der Waals surface area contributed by atoms with Gasteiger partial charge in [-0.1, -0.05) is 22.6 Å². The topological polar surface area (TPSA) is 98.1 Å². The van der Waals surface area contributed by atoms with E-state index < -0.39 is 0 Å². The molecule has 2 aliphatic rings. The number of carbonyl (C=O) groups excluding carboxylic acids is 1. The third-order valence-electron chi connectivity index (χ3n) is 8.14. The van der Waals surface area contributed by atoms with E-state index in [0.29, 0.717) is 24.6 Å². The van der Waals surface area contributed by atoms with Gasteiger partial charge in [-0.3, -0.25) is 14.7 Å². The van der Waals surface area contributed by atoms with E-state index in [1.165, 1.54) is 10.9 Å². The number of ether oxygens (including phenoxy) is 1. The Morgan fingerprint density at radius 1 is 1.10 bits per heavy atom. The van der Waals surface area contributed by atoms with Gasteiger partial charge in [-0.2, -0.15) is 5.26 Å². The van der Waals surface area contributed by atoms with Crippen LogP contribution in [0.3, 0.4) is 0 Å². The van der Waals surface area contributed by atoms with Gasteiger partial charge >= 0.3 is 0 Å². The van der Waals surface area contributed by atoms with Crippen molar-refractivity contribution in [3.8, 4) is 11.8 Å². The number of aromatic amines is 1. The van der Waals surface area contributed by atoms with E-state index in [2.05, 4.69) is 65.5 Å². The number of pyridine rings is 2. The average molecular weight is 635 g/mol. The fourth-order valence-electron chi connectivity index (χ4n) is 6.00. The van der Waals surface area contributed by atoms with Crippen molar-refractivity contribution >= 4 is 50.4 Å². The van der Waals surface area contributed by atoms with Crippen LogP contribution in [0.25, 0.3) is 21.9 Å². The van der Waals surface area contributed by atoms with Gasteiger partial charge in [0.2, 0.25) is 5.91 Å². The van der Waals surface area contributed by atoms with Crippen molar-refractivity contribution in [1.82, 2.24) is 24.8 Å². The molecule has 2 fully saturated rings. The number of amides is 1. The number of nitrogens with one attached hydrogen (secondary N) is 1. The Morgan fingerprint density at radius 2 is 1.92 bits per heavy atom. The van der Waals surface area contributed by atoms with E-state index in [0.717, 1.165) is 67.6 Å². The number of alkyl halides is 1. The summed E-state index contributed by atoms with van der Waals surface area (Å²) in [5.74, 6) is 1.70. The number of aromatic nitrogens is 3. The normalized spacial score (nSPS) is 20.8. The first-order valence-electron chi connectivity index (χ1n) is 13.6. The van der Waals surface area contributed by atoms with Gasteiger partial charge in [0, 0.05) is 35.6 Å². The highest BCUT2D eigenvalue weighted by atomic mass is 127. The third kappa shape index (κ3) is 5.45. The van der Waals surface area contributed by atoms with Crippen molar-refractivity contribution in [2.45, 2.75) is 35.6 Å². The lowest BCUT2D eigenvalue weighted by Gasteiger charge is -2.40. The van der Waals surface area contributed by atoms with Gasteiger partial charge in [0.15, 0.2) is 0 Å². The van der Waals surface area contributed by atoms with Gasteiger partial charge in [-0.15, -0.1) is 0 Å². The summed E-state index contributed by atoms with van der Waals surface area (Å²) < 4.78 is 6.14. The van der Waals surface area contributed by atoms with Crippen LogP contribution in [0.2, 0.25) is 0 Å². The number of fused-ring (bicyclic) bond motifs is 3. The molecule has 1 N–H and O–H groups in total. The molecule has 8 nitrogen and oxygen atoms in total. The van der Waals surface area contributed by atoms with Crippen molar-refractivity contribution in [2.24, 2.45) is 5.92 Å². The van der Waals surface area contributed by atoms with Crippen molar-refractivity contribution in [3.63, 3.8) is 0 Å². The number of hydrogen-bond donors (Lipinski definition) is 1. The second-order valence-corrected chi connectivity index (χ2v) is 11.8. The van der Waals surface area contributed by atoms with Gasteiger partial charge in [0.05, 0.1) is 40.5 Å². The molecule has 39 heavy (non-hydrogen) atoms. The number of benzene rings is 1. The lowest BCUT2D eigenvalue weighted by atomic mass is 9.87. The zero-order valence-electron chi connectivity index (χ0n) is 21.7. The lowest BCUT2D eigenvalue weighted by Crippen LogP contribution is -2.50. The number of piperidine rings is 2. The molecule has 1 aromatic carbocycles. The standard InChI is InChI=1S/C30H31IN6O2/c31-29-22(19-39-23-5-3-20(16-32)4-6-23)2-1-13-37(29)27(38)18-36-14-9-21(10-15-36)24-7-11-33-26-17-35-30-25(28(24)26)8-12-34-30/h3-8,11-12,17,21-22,29H,1-2,9-10,13-15,18-19H2,(H,34,35). The Labute approximate surface area is 241 Å². The highest BCUT2D eigenvalue weighted by Crippen LogP contribution is 2.35. The molecule has 0 radical (unpaired) electrons. The van der Waals surface area contributed by atoms with Crippen LogP contribution in [0, 0.1) is 17.2 Å². The minimum atomic E-state index is 0.111. The second-order valence-electron chi connectivity index (χ2n) is 10.5. The Hall–Kier alpha value is -3.23. The number of carbonyl (C=O) groups is 1. The predicted molar refractivity (Wildman–Crippen MR) is 159 cm³/mol. The molecule has 3 aromatic heterocycles. The van der Waals surface area contributed by atoms with Crippen molar-refractivity contribution in [2.75, 3.05) is 32.8 Å². The molecule has 0 aliphatic carbocycles. The molecule has 6 rings (SSSR count). The molecule has 2 aliphatic heterocycles. The molecule has 2 unspecified atom stereocenters. The quantitative estimate of drug-likeness (QED) is 0.177. The first kappa shape index (κ1) is 26.0. The Bertz CT molecular complexity index is 1510. The molecule has 0 bridgehead atoms. The molecule has 1 amide bonds. The minimum Gasteiger partial charge on any atom is -0.493 e. The summed E-state index contributed by atoms with van der Waals surface area (Å²) in [7, 11) is 0. The van der Waals surface area contributed by atoms with Gasteiger partial charge in [-0.05, 0) is 86.7 Å². The zero-order valence-corrected chi connectivity index (χ0v) is 23.9. The summed E-state index contributed by atoms with van der Waals surface area (Å²) >= 11 is 2.42. The number of halogens is 1. The molecule has 0 spiro atoms. The van der Waals surface area contributed by atoms with Gasteiger partial charge < -0.3 is 14.6 Å². The molecule has 2 saturated heterocycles. The van der Waals surface area contributed by atoms with E-state index in [4.69, 9.17) is 10.00 Å². The molecular weight excluding hydrogens is 603 g/mol. The van der Waals surface area contributed by atoms with E-state index in [1.807, 2.05) is 30.7 Å². The maximum absolute atomic E-state index is 13.4. The van der Waals surface area contributed by atoms with Crippen LogP contribution in [0.15, 0.2) is 55.0 Å². The predicted octanol–water partition coefficient (Wildman–Crippen LogP) is 5.24. The number of nitrogens with zero attached hydrogens (tertiary/aromatic N) is 5. The average Bonchev–Trinajstić information content (AvgIpc) is 3.46. The zero-order chi connectivity index (χ0) is 26.8. The molecule has 5 heterocycles. The minimum absolute atomic E-state index is 0.111. The van der Waals surface area contributed by atoms with Crippen molar-refractivity contribution in [3.05, 3.63) is 66.1 Å². The highest BCUT2D eigenvalue weighted by Gasteiger charge is 2.34. The van der Waals surface area contributed by atoms with Crippen LogP contribution < -0.4 is 4.74 Å². The Kier molecular flexibility index (Phi) is 7.66. The van der Waals surface area contributed by atoms with Crippen LogP contribution in [0.5, 0.6) is 5.75 Å². The number of nitriles is 1. The lowest BCUT2D eigenvalue weighted by molar-refractivity contribution is -0.135. The summed E-state index contributed by atoms with van der Waals surface area (Å²) in [5, 5.41) is 11.3. The number of rotatable bonds is 6. The first-order valence-corrected chi connectivity index (χ1v) is 14.8. The van der Waals surface area contributed by atoms with Gasteiger partial charge in [0.1, 0.15) is 11.4 Å². The molecule has 2 atom stereocenters. The fraction of sp³-hybridized carbons (Fsp3) is 0.400. The van der Waals surface area contributed by atoms with E-state index >= 15 is 0 Å². The first-order chi connectivity index (χ1) is 19.1. The number of likely N-dealkylation sites (tertiary alicyclic amines) is 2. The van der Waals surface area contributed by atoms with Crippen LogP contribution in [-0.2, 0) is 4.79 Å². The van der Waals surface area contributed by atoms with E-state index in [-0.39, 0.29) is 15.9 Å². The van der Waals surface area contributed by atoms with Crippen LogP contribution in [0.4, 0.5) is 0 Å². The molecule has 0 saturated carbocycles.